The number of carboxylic acid groups (broad SMARTS) is 1. The molecule has 2 rings (SSSR count). The van der Waals surface area contributed by atoms with E-state index in [9.17, 15) is 9.90 Å². The van der Waals surface area contributed by atoms with Gasteiger partial charge in [-0.2, -0.15) is 4.98 Å². The van der Waals surface area contributed by atoms with Crippen molar-refractivity contribution < 1.29 is 14.6 Å². The molecule has 0 aliphatic carbocycles. The number of aryl methyl sites for hydroxylation is 1. The molecule has 1 saturated heterocycles. The Morgan fingerprint density at radius 3 is 2.80 bits per heavy atom. The lowest BCUT2D eigenvalue weighted by atomic mass is 9.84. The van der Waals surface area contributed by atoms with Crippen LogP contribution in [0.1, 0.15) is 32.4 Å². The van der Waals surface area contributed by atoms with E-state index < -0.39 is 11.4 Å². The molecule has 1 aromatic heterocycles. The van der Waals surface area contributed by atoms with Crippen LogP contribution in [0.15, 0.2) is 6.07 Å². The van der Waals surface area contributed by atoms with Crippen molar-refractivity contribution in [2.75, 3.05) is 24.6 Å². The van der Waals surface area contributed by atoms with Crippen molar-refractivity contribution in [1.82, 2.24) is 9.97 Å². The van der Waals surface area contributed by atoms with Crippen LogP contribution in [0, 0.1) is 12.3 Å². The van der Waals surface area contributed by atoms with Gasteiger partial charge in [0, 0.05) is 24.8 Å². The van der Waals surface area contributed by atoms with Gasteiger partial charge in [0.2, 0.25) is 11.8 Å². The summed E-state index contributed by atoms with van der Waals surface area (Å²) in [5.74, 6) is 0.365. The predicted octanol–water partition coefficient (Wildman–Crippen LogP) is 1.87. The summed E-state index contributed by atoms with van der Waals surface area (Å²) in [5, 5.41) is 9.43. The summed E-state index contributed by atoms with van der Waals surface area (Å²) in [6, 6.07) is 1.79. The van der Waals surface area contributed by atoms with Gasteiger partial charge in [0.05, 0.1) is 12.0 Å². The number of carbonyl (C=O) groups is 1. The molecule has 0 amide bonds. The van der Waals surface area contributed by atoms with Crippen LogP contribution in [0.25, 0.3) is 0 Å². The molecule has 1 aromatic rings. The molecule has 110 valence electrons. The van der Waals surface area contributed by atoms with Crippen LogP contribution < -0.4 is 9.64 Å². The van der Waals surface area contributed by atoms with Crippen molar-refractivity contribution in [2.24, 2.45) is 5.41 Å². The fraction of sp³-hybridized carbons (Fsp3) is 0.643. The first kappa shape index (κ1) is 14.6. The highest BCUT2D eigenvalue weighted by Gasteiger charge is 2.44. The third kappa shape index (κ3) is 2.69. The highest BCUT2D eigenvalue weighted by Crippen LogP contribution is 2.36. The average molecular weight is 279 g/mol. The van der Waals surface area contributed by atoms with Crippen LogP contribution in [0.3, 0.4) is 0 Å². The zero-order valence-electron chi connectivity index (χ0n) is 12.2. The maximum absolute atomic E-state index is 11.5. The zero-order valence-corrected chi connectivity index (χ0v) is 12.2. The number of aromatic nitrogens is 2. The van der Waals surface area contributed by atoms with E-state index in [1.807, 2.05) is 25.7 Å². The number of rotatable bonds is 5. The van der Waals surface area contributed by atoms with Crippen LogP contribution >= 0.6 is 0 Å². The molecule has 1 atom stereocenters. The van der Waals surface area contributed by atoms with Gasteiger partial charge < -0.3 is 14.7 Å². The third-order valence-corrected chi connectivity index (χ3v) is 3.88. The van der Waals surface area contributed by atoms with Crippen molar-refractivity contribution in [3.05, 3.63) is 11.8 Å². The predicted molar refractivity (Wildman–Crippen MR) is 75.1 cm³/mol. The monoisotopic (exact) mass is 279 g/mol. The van der Waals surface area contributed by atoms with Gasteiger partial charge >= 0.3 is 5.97 Å². The first-order valence-corrected chi connectivity index (χ1v) is 6.97. The molecule has 0 bridgehead atoms. The fourth-order valence-corrected chi connectivity index (χ4v) is 2.55. The minimum absolute atomic E-state index is 0.452. The van der Waals surface area contributed by atoms with Gasteiger partial charge in [-0.25, -0.2) is 4.98 Å². The molecule has 0 saturated carbocycles. The number of carboxylic acids is 1. The molecule has 1 fully saturated rings. The van der Waals surface area contributed by atoms with Gasteiger partial charge in [-0.15, -0.1) is 0 Å². The van der Waals surface area contributed by atoms with E-state index in [4.69, 9.17) is 4.74 Å². The SMILES string of the molecule is CCOc1cc(C)nc(N2CCC(CC)(C(=O)O)C2)n1. The Morgan fingerprint density at radius 1 is 1.50 bits per heavy atom. The van der Waals surface area contributed by atoms with E-state index in [2.05, 4.69) is 9.97 Å². The molecule has 0 aromatic carbocycles. The van der Waals surface area contributed by atoms with E-state index in [-0.39, 0.29) is 0 Å². The highest BCUT2D eigenvalue weighted by molar-refractivity contribution is 5.76. The Bertz CT molecular complexity index is 506. The lowest BCUT2D eigenvalue weighted by Gasteiger charge is -2.23. The molecule has 2 heterocycles. The van der Waals surface area contributed by atoms with Gasteiger partial charge in [-0.1, -0.05) is 6.92 Å². The molecule has 0 radical (unpaired) electrons. The molecule has 1 aliphatic heterocycles. The maximum Gasteiger partial charge on any atom is 0.311 e. The first-order valence-electron chi connectivity index (χ1n) is 6.97. The van der Waals surface area contributed by atoms with E-state index in [0.29, 0.717) is 44.4 Å². The molecular formula is C14H21N3O3. The molecular weight excluding hydrogens is 258 g/mol. The van der Waals surface area contributed by atoms with Gasteiger partial charge in [0.1, 0.15) is 0 Å². The largest absolute Gasteiger partial charge is 0.481 e. The van der Waals surface area contributed by atoms with Gasteiger partial charge in [-0.05, 0) is 26.7 Å². The molecule has 20 heavy (non-hydrogen) atoms. The number of hydrogen-bond acceptors (Lipinski definition) is 5. The summed E-state index contributed by atoms with van der Waals surface area (Å²) in [6.07, 6.45) is 1.24. The van der Waals surface area contributed by atoms with Crippen molar-refractivity contribution in [1.29, 1.82) is 0 Å². The van der Waals surface area contributed by atoms with Crippen LogP contribution in [0.4, 0.5) is 5.95 Å². The summed E-state index contributed by atoms with van der Waals surface area (Å²) >= 11 is 0. The van der Waals surface area contributed by atoms with E-state index in [1.54, 1.807) is 6.07 Å². The summed E-state index contributed by atoms with van der Waals surface area (Å²) in [7, 11) is 0. The molecule has 1 N–H and O–H groups in total. The Kier molecular flexibility index (Phi) is 4.11. The summed E-state index contributed by atoms with van der Waals surface area (Å²) in [6.45, 7) is 7.36. The second-order valence-electron chi connectivity index (χ2n) is 5.19. The fourth-order valence-electron chi connectivity index (χ4n) is 2.55. The van der Waals surface area contributed by atoms with Crippen LogP contribution in [-0.2, 0) is 4.79 Å². The van der Waals surface area contributed by atoms with Crippen LogP contribution in [0.2, 0.25) is 0 Å². The minimum atomic E-state index is -0.736. The van der Waals surface area contributed by atoms with E-state index >= 15 is 0 Å². The normalized spacial score (nSPS) is 22.1. The molecule has 1 aliphatic rings. The quantitative estimate of drug-likeness (QED) is 0.887. The second-order valence-corrected chi connectivity index (χ2v) is 5.19. The van der Waals surface area contributed by atoms with Crippen molar-refractivity contribution in [3.8, 4) is 5.88 Å². The van der Waals surface area contributed by atoms with E-state index in [0.717, 1.165) is 5.69 Å². The minimum Gasteiger partial charge on any atom is -0.481 e. The van der Waals surface area contributed by atoms with Gasteiger partial charge in [0.15, 0.2) is 0 Å². The van der Waals surface area contributed by atoms with Crippen LogP contribution in [-0.4, -0.2) is 40.7 Å². The zero-order chi connectivity index (χ0) is 14.8. The Morgan fingerprint density at radius 2 is 2.25 bits per heavy atom. The Labute approximate surface area is 118 Å². The van der Waals surface area contributed by atoms with Crippen LogP contribution in [0.5, 0.6) is 5.88 Å². The number of ether oxygens (including phenoxy) is 1. The number of anilines is 1. The molecule has 1 unspecified atom stereocenters. The molecule has 0 spiro atoms. The van der Waals surface area contributed by atoms with E-state index in [1.165, 1.54) is 0 Å². The summed E-state index contributed by atoms with van der Waals surface area (Å²) in [4.78, 5) is 22.2. The third-order valence-electron chi connectivity index (χ3n) is 3.88. The summed E-state index contributed by atoms with van der Waals surface area (Å²) < 4.78 is 5.42. The second kappa shape index (κ2) is 5.64. The average Bonchev–Trinajstić information content (AvgIpc) is 2.84. The number of hydrogen-bond donors (Lipinski definition) is 1. The van der Waals surface area contributed by atoms with Crippen molar-refractivity contribution in [3.63, 3.8) is 0 Å². The standard InChI is InChI=1S/C14H21N3O3/c1-4-14(12(18)19)6-7-17(9-14)13-15-10(3)8-11(16-13)20-5-2/h8H,4-7,9H2,1-3H3,(H,18,19). The lowest BCUT2D eigenvalue weighted by Crippen LogP contribution is -2.34. The molecule has 6 nitrogen and oxygen atoms in total. The van der Waals surface area contributed by atoms with Gasteiger partial charge in [0.25, 0.3) is 0 Å². The molecule has 6 heteroatoms. The van der Waals surface area contributed by atoms with Crippen molar-refractivity contribution >= 4 is 11.9 Å². The summed E-state index contributed by atoms with van der Waals surface area (Å²) in [5.41, 5.74) is 0.140. The van der Waals surface area contributed by atoms with Crippen molar-refractivity contribution in [2.45, 2.75) is 33.6 Å². The Balaban J connectivity index is 2.23. The first-order chi connectivity index (χ1) is 9.50. The lowest BCUT2D eigenvalue weighted by molar-refractivity contribution is -0.147. The smallest absolute Gasteiger partial charge is 0.311 e. The van der Waals surface area contributed by atoms with Gasteiger partial charge in [-0.3, -0.25) is 4.79 Å². The Hall–Kier alpha value is -1.85. The number of nitrogens with zero attached hydrogens (tertiary/aromatic N) is 3. The topological polar surface area (TPSA) is 75.5 Å². The maximum atomic E-state index is 11.5. The number of aliphatic carboxylic acids is 1. The highest BCUT2D eigenvalue weighted by atomic mass is 16.5.